The second-order valence-corrected chi connectivity index (χ2v) is 8.82. The third-order valence-electron chi connectivity index (χ3n) is 5.43. The van der Waals surface area contributed by atoms with Gasteiger partial charge in [-0.3, -0.25) is 19.8 Å². The van der Waals surface area contributed by atoms with Gasteiger partial charge in [-0.2, -0.15) is 0 Å². The van der Waals surface area contributed by atoms with Crippen LogP contribution < -0.4 is 10.2 Å². The van der Waals surface area contributed by atoms with Crippen LogP contribution >= 0.6 is 22.9 Å². The largest absolute Gasteiger partial charge is 0.351 e. The standard InChI is InChI=1S/C21H22ClN5O3S/c1-14-17(22)6-7-18-19(14)24-21(31-18)26-12-10-25(11-13-26)9-8-23-20(28)15-2-4-16(5-3-15)27(29)30/h2-7H,8-13H2,1H3,(H,23,28). The first-order chi connectivity index (χ1) is 14.9. The zero-order valence-electron chi connectivity index (χ0n) is 17.0. The highest BCUT2D eigenvalue weighted by Crippen LogP contribution is 2.33. The van der Waals surface area contributed by atoms with Crippen LogP contribution in [0, 0.1) is 17.0 Å². The van der Waals surface area contributed by atoms with Crippen LogP contribution in [0.2, 0.25) is 5.02 Å². The van der Waals surface area contributed by atoms with E-state index in [0.29, 0.717) is 12.1 Å². The molecule has 8 nitrogen and oxygen atoms in total. The molecule has 0 atom stereocenters. The molecule has 0 radical (unpaired) electrons. The van der Waals surface area contributed by atoms with Crippen molar-refractivity contribution in [2.75, 3.05) is 44.2 Å². The van der Waals surface area contributed by atoms with Gasteiger partial charge in [0, 0.05) is 62.0 Å². The van der Waals surface area contributed by atoms with Crippen molar-refractivity contribution in [3.8, 4) is 0 Å². The number of piperazine rings is 1. The predicted octanol–water partition coefficient (Wildman–Crippen LogP) is 3.72. The molecule has 2 aromatic carbocycles. The zero-order valence-corrected chi connectivity index (χ0v) is 18.6. The summed E-state index contributed by atoms with van der Waals surface area (Å²) in [5, 5.41) is 15.3. The van der Waals surface area contributed by atoms with Crippen LogP contribution in [0.1, 0.15) is 15.9 Å². The van der Waals surface area contributed by atoms with Crippen molar-refractivity contribution in [3.63, 3.8) is 0 Å². The van der Waals surface area contributed by atoms with Gasteiger partial charge in [0.15, 0.2) is 5.13 Å². The Morgan fingerprint density at radius 3 is 2.58 bits per heavy atom. The molecule has 1 aromatic heterocycles. The van der Waals surface area contributed by atoms with Gasteiger partial charge < -0.3 is 10.2 Å². The van der Waals surface area contributed by atoms with Crippen molar-refractivity contribution >= 4 is 49.9 Å². The molecule has 4 rings (SSSR count). The summed E-state index contributed by atoms with van der Waals surface area (Å²) >= 11 is 7.91. The summed E-state index contributed by atoms with van der Waals surface area (Å²) in [5.41, 5.74) is 2.38. The SMILES string of the molecule is Cc1c(Cl)ccc2sc(N3CCN(CCNC(=O)c4ccc([N+](=O)[O-])cc4)CC3)nc12. The van der Waals surface area contributed by atoms with Crippen LogP contribution in [-0.4, -0.2) is 60.0 Å². The van der Waals surface area contributed by atoms with E-state index >= 15 is 0 Å². The smallest absolute Gasteiger partial charge is 0.269 e. The van der Waals surface area contributed by atoms with Crippen molar-refractivity contribution < 1.29 is 9.72 Å². The van der Waals surface area contributed by atoms with Crippen molar-refractivity contribution in [1.29, 1.82) is 0 Å². The first-order valence-corrected chi connectivity index (χ1v) is 11.2. The van der Waals surface area contributed by atoms with E-state index in [-0.39, 0.29) is 11.6 Å². The fourth-order valence-electron chi connectivity index (χ4n) is 3.55. The summed E-state index contributed by atoms with van der Waals surface area (Å²) in [6.07, 6.45) is 0. The van der Waals surface area contributed by atoms with E-state index in [4.69, 9.17) is 16.6 Å². The van der Waals surface area contributed by atoms with Crippen molar-refractivity contribution in [3.05, 3.63) is 62.7 Å². The number of nitro groups is 1. The molecule has 1 amide bonds. The number of aromatic nitrogens is 1. The Labute approximate surface area is 188 Å². The monoisotopic (exact) mass is 459 g/mol. The van der Waals surface area contributed by atoms with E-state index in [1.807, 2.05) is 19.1 Å². The number of thiazole rings is 1. The number of nitrogens with zero attached hydrogens (tertiary/aromatic N) is 4. The molecule has 1 N–H and O–H groups in total. The minimum absolute atomic E-state index is 0.0270. The number of hydrogen-bond donors (Lipinski definition) is 1. The Balaban J connectivity index is 1.25. The van der Waals surface area contributed by atoms with Crippen LogP contribution in [0.4, 0.5) is 10.8 Å². The number of amides is 1. The van der Waals surface area contributed by atoms with E-state index in [0.717, 1.165) is 58.7 Å². The second-order valence-electron chi connectivity index (χ2n) is 7.40. The van der Waals surface area contributed by atoms with Gasteiger partial charge in [-0.15, -0.1) is 0 Å². The third kappa shape index (κ3) is 4.79. The summed E-state index contributed by atoms with van der Waals surface area (Å²) in [6.45, 7) is 6.81. The van der Waals surface area contributed by atoms with E-state index < -0.39 is 4.92 Å². The maximum Gasteiger partial charge on any atom is 0.269 e. The minimum atomic E-state index is -0.480. The fraction of sp³-hybridized carbons (Fsp3) is 0.333. The number of aryl methyl sites for hydroxylation is 1. The molecule has 0 bridgehead atoms. The molecule has 1 saturated heterocycles. The molecule has 2 heterocycles. The number of nitrogens with one attached hydrogen (secondary N) is 1. The van der Waals surface area contributed by atoms with E-state index in [1.165, 1.54) is 24.3 Å². The molecule has 1 aliphatic rings. The topological polar surface area (TPSA) is 91.6 Å². The van der Waals surface area contributed by atoms with Crippen LogP contribution in [0.5, 0.6) is 0 Å². The maximum absolute atomic E-state index is 12.2. The van der Waals surface area contributed by atoms with Gasteiger partial charge in [0.2, 0.25) is 0 Å². The van der Waals surface area contributed by atoms with Crippen molar-refractivity contribution in [2.24, 2.45) is 0 Å². The van der Waals surface area contributed by atoms with Gasteiger partial charge in [0.05, 0.1) is 15.1 Å². The lowest BCUT2D eigenvalue weighted by atomic mass is 10.2. The molecule has 1 aliphatic heterocycles. The van der Waals surface area contributed by atoms with E-state index in [2.05, 4.69) is 15.1 Å². The maximum atomic E-state index is 12.2. The lowest BCUT2D eigenvalue weighted by molar-refractivity contribution is -0.384. The summed E-state index contributed by atoms with van der Waals surface area (Å²) in [5.74, 6) is -0.225. The van der Waals surface area contributed by atoms with Crippen LogP contribution in [0.25, 0.3) is 10.2 Å². The number of benzene rings is 2. The van der Waals surface area contributed by atoms with Gasteiger partial charge in [-0.1, -0.05) is 22.9 Å². The lowest BCUT2D eigenvalue weighted by Crippen LogP contribution is -2.48. The quantitative estimate of drug-likeness (QED) is 0.446. The van der Waals surface area contributed by atoms with Crippen LogP contribution in [0.3, 0.4) is 0 Å². The van der Waals surface area contributed by atoms with E-state index in [1.54, 1.807) is 11.3 Å². The Morgan fingerprint density at radius 1 is 1.19 bits per heavy atom. The Morgan fingerprint density at radius 2 is 1.90 bits per heavy atom. The van der Waals surface area contributed by atoms with Gasteiger partial charge in [-0.05, 0) is 36.8 Å². The zero-order chi connectivity index (χ0) is 22.0. The summed E-state index contributed by atoms with van der Waals surface area (Å²) < 4.78 is 1.15. The van der Waals surface area contributed by atoms with Crippen molar-refractivity contribution in [1.82, 2.24) is 15.2 Å². The number of fused-ring (bicyclic) bond motifs is 1. The lowest BCUT2D eigenvalue weighted by Gasteiger charge is -2.34. The summed E-state index contributed by atoms with van der Waals surface area (Å²) in [4.78, 5) is 31.8. The fourth-order valence-corrected chi connectivity index (χ4v) is 4.78. The van der Waals surface area contributed by atoms with E-state index in [9.17, 15) is 14.9 Å². The molecular weight excluding hydrogens is 438 g/mol. The molecule has 1 fully saturated rings. The van der Waals surface area contributed by atoms with Gasteiger partial charge >= 0.3 is 0 Å². The molecule has 162 valence electrons. The Hall–Kier alpha value is -2.75. The molecule has 10 heteroatoms. The number of halogens is 1. The number of carbonyl (C=O) groups is 1. The predicted molar refractivity (Wildman–Crippen MR) is 123 cm³/mol. The Bertz CT molecular complexity index is 1110. The highest BCUT2D eigenvalue weighted by atomic mass is 35.5. The molecule has 0 aliphatic carbocycles. The second kappa shape index (κ2) is 9.17. The van der Waals surface area contributed by atoms with Crippen LogP contribution in [0.15, 0.2) is 36.4 Å². The molecular formula is C21H22ClN5O3S. The normalized spacial score (nSPS) is 14.7. The summed E-state index contributed by atoms with van der Waals surface area (Å²) in [6, 6.07) is 9.56. The highest BCUT2D eigenvalue weighted by Gasteiger charge is 2.20. The van der Waals surface area contributed by atoms with Gasteiger partial charge in [0.25, 0.3) is 11.6 Å². The molecule has 3 aromatic rings. The molecule has 0 unspecified atom stereocenters. The first kappa shape index (κ1) is 21.5. The number of anilines is 1. The number of hydrogen-bond acceptors (Lipinski definition) is 7. The summed E-state index contributed by atoms with van der Waals surface area (Å²) in [7, 11) is 0. The molecule has 0 saturated carbocycles. The van der Waals surface area contributed by atoms with Gasteiger partial charge in [0.1, 0.15) is 0 Å². The number of rotatable bonds is 6. The van der Waals surface area contributed by atoms with Crippen molar-refractivity contribution in [2.45, 2.75) is 6.92 Å². The Kier molecular flexibility index (Phi) is 6.35. The first-order valence-electron chi connectivity index (χ1n) is 9.98. The number of non-ortho nitro benzene ring substituents is 1. The average Bonchev–Trinajstić information content (AvgIpc) is 3.22. The average molecular weight is 460 g/mol. The highest BCUT2D eigenvalue weighted by molar-refractivity contribution is 7.22. The minimum Gasteiger partial charge on any atom is -0.351 e. The molecule has 31 heavy (non-hydrogen) atoms. The van der Waals surface area contributed by atoms with Gasteiger partial charge in [-0.25, -0.2) is 4.98 Å². The molecule has 0 spiro atoms. The van der Waals surface area contributed by atoms with Crippen LogP contribution in [-0.2, 0) is 0 Å². The number of carbonyl (C=O) groups excluding carboxylic acids is 1. The number of nitro benzene ring substituents is 1. The third-order valence-corrected chi connectivity index (χ3v) is 6.92.